The maximum Gasteiger partial charge on any atom is 0.330 e. The van der Waals surface area contributed by atoms with E-state index < -0.39 is 0 Å². The lowest BCUT2D eigenvalue weighted by molar-refractivity contribution is -0.137. The molecule has 0 saturated carbocycles. The monoisotopic (exact) mass is 433 g/mol. The van der Waals surface area contributed by atoms with E-state index in [0.29, 0.717) is 23.5 Å². The molecule has 0 amide bonds. The number of pyridine rings is 1. The number of benzene rings is 1. The van der Waals surface area contributed by atoms with Gasteiger partial charge in [-0.15, -0.1) is 0 Å². The van der Waals surface area contributed by atoms with Gasteiger partial charge in [0.25, 0.3) is 0 Å². The van der Waals surface area contributed by atoms with E-state index in [9.17, 15) is 4.79 Å². The van der Waals surface area contributed by atoms with E-state index in [4.69, 9.17) is 27.9 Å². The van der Waals surface area contributed by atoms with Gasteiger partial charge in [0.15, 0.2) is 0 Å². The van der Waals surface area contributed by atoms with Crippen LogP contribution in [0.2, 0.25) is 10.0 Å². The molecule has 0 bridgehead atoms. The van der Waals surface area contributed by atoms with Crippen molar-refractivity contribution in [2.45, 2.75) is 32.4 Å². The van der Waals surface area contributed by atoms with Crippen LogP contribution in [0, 0.1) is 0 Å². The van der Waals surface area contributed by atoms with Crippen LogP contribution in [-0.4, -0.2) is 41.6 Å². The lowest BCUT2D eigenvalue weighted by atomic mass is 10.0. The average molecular weight is 434 g/mol. The Kier molecular flexibility index (Phi) is 7.92. The molecule has 1 aromatic heterocycles. The summed E-state index contributed by atoms with van der Waals surface area (Å²) in [5.74, 6) is 0.298. The molecule has 2 aromatic rings. The highest BCUT2D eigenvalue weighted by molar-refractivity contribution is 6.33. The lowest BCUT2D eigenvalue weighted by Crippen LogP contribution is -2.38. The minimum absolute atomic E-state index is 0.336. The first kappa shape index (κ1) is 21.6. The number of nitrogens with one attached hydrogen (secondary N) is 1. The van der Waals surface area contributed by atoms with Gasteiger partial charge in [-0.05, 0) is 55.2 Å². The summed E-state index contributed by atoms with van der Waals surface area (Å²) in [4.78, 5) is 18.3. The Labute approximate surface area is 181 Å². The Morgan fingerprint density at radius 1 is 1.28 bits per heavy atom. The predicted octanol–water partition coefficient (Wildman–Crippen LogP) is 5.04. The topological polar surface area (TPSA) is 54.5 Å². The Balaban J connectivity index is 1.49. The minimum atomic E-state index is -0.379. The summed E-state index contributed by atoms with van der Waals surface area (Å²) >= 11 is 12.3. The van der Waals surface area contributed by atoms with Crippen LogP contribution in [0.4, 0.5) is 5.82 Å². The molecule has 1 aliphatic heterocycles. The number of piperidine rings is 1. The van der Waals surface area contributed by atoms with Gasteiger partial charge in [0.2, 0.25) is 0 Å². The first-order valence-electron chi connectivity index (χ1n) is 9.77. The third kappa shape index (κ3) is 6.74. The van der Waals surface area contributed by atoms with Crippen LogP contribution >= 0.6 is 23.2 Å². The summed E-state index contributed by atoms with van der Waals surface area (Å²) in [7, 11) is 0. The van der Waals surface area contributed by atoms with Crippen LogP contribution in [0.5, 0.6) is 0 Å². The molecule has 0 unspecified atom stereocenters. The average Bonchev–Trinajstić information content (AvgIpc) is 2.71. The number of esters is 1. The van der Waals surface area contributed by atoms with Crippen molar-refractivity contribution in [3.8, 4) is 0 Å². The van der Waals surface area contributed by atoms with Crippen molar-refractivity contribution in [3.05, 3.63) is 63.8 Å². The zero-order chi connectivity index (χ0) is 20.6. The van der Waals surface area contributed by atoms with E-state index in [2.05, 4.69) is 27.3 Å². The van der Waals surface area contributed by atoms with Crippen molar-refractivity contribution in [3.63, 3.8) is 0 Å². The van der Waals surface area contributed by atoms with Crippen LogP contribution in [0.3, 0.4) is 0 Å². The second-order valence-electron chi connectivity index (χ2n) is 7.01. The number of rotatable bonds is 7. The molecule has 154 valence electrons. The Morgan fingerprint density at radius 3 is 2.66 bits per heavy atom. The van der Waals surface area contributed by atoms with Crippen LogP contribution < -0.4 is 5.32 Å². The minimum Gasteiger partial charge on any atom is -0.463 e. The van der Waals surface area contributed by atoms with E-state index in [1.807, 2.05) is 12.1 Å². The Bertz CT molecular complexity index is 848. The van der Waals surface area contributed by atoms with Gasteiger partial charge in [0, 0.05) is 43.0 Å². The molecule has 1 fully saturated rings. The van der Waals surface area contributed by atoms with Gasteiger partial charge in [-0.1, -0.05) is 35.3 Å². The molecule has 1 aromatic carbocycles. The van der Waals surface area contributed by atoms with Gasteiger partial charge >= 0.3 is 5.97 Å². The van der Waals surface area contributed by atoms with Gasteiger partial charge in [0.1, 0.15) is 5.82 Å². The van der Waals surface area contributed by atoms with Gasteiger partial charge in [0.05, 0.1) is 11.6 Å². The third-order valence-corrected chi connectivity index (χ3v) is 5.35. The molecule has 7 heteroatoms. The number of aromatic nitrogens is 1. The van der Waals surface area contributed by atoms with E-state index in [-0.39, 0.29) is 5.97 Å². The molecule has 0 spiro atoms. The summed E-state index contributed by atoms with van der Waals surface area (Å²) in [6, 6.07) is 10.2. The van der Waals surface area contributed by atoms with Crippen LogP contribution in [0.15, 0.2) is 42.6 Å². The molecule has 0 atom stereocenters. The number of hydrogen-bond donors (Lipinski definition) is 1. The van der Waals surface area contributed by atoms with E-state index in [1.165, 1.54) is 11.6 Å². The predicted molar refractivity (Wildman–Crippen MR) is 118 cm³/mol. The van der Waals surface area contributed by atoms with Crippen molar-refractivity contribution in [1.29, 1.82) is 0 Å². The molecule has 1 saturated heterocycles. The van der Waals surface area contributed by atoms with Crippen LogP contribution in [0.25, 0.3) is 6.08 Å². The Hall–Kier alpha value is -2.08. The number of carbonyl (C=O) groups is 1. The van der Waals surface area contributed by atoms with Crippen molar-refractivity contribution in [2.75, 3.05) is 25.0 Å². The number of ether oxygens (including phenoxy) is 1. The first-order valence-corrected chi connectivity index (χ1v) is 10.5. The second kappa shape index (κ2) is 10.6. The highest BCUT2D eigenvalue weighted by Gasteiger charge is 2.20. The van der Waals surface area contributed by atoms with E-state index >= 15 is 0 Å². The second-order valence-corrected chi connectivity index (χ2v) is 7.85. The fourth-order valence-corrected chi connectivity index (χ4v) is 3.64. The molecule has 1 aliphatic rings. The molecular weight excluding hydrogens is 409 g/mol. The van der Waals surface area contributed by atoms with E-state index in [1.54, 1.807) is 25.3 Å². The molecule has 0 radical (unpaired) electrons. The van der Waals surface area contributed by atoms with Gasteiger partial charge in [-0.3, -0.25) is 4.90 Å². The quantitative estimate of drug-likeness (QED) is 0.489. The van der Waals surface area contributed by atoms with Crippen molar-refractivity contribution < 1.29 is 9.53 Å². The zero-order valence-electron chi connectivity index (χ0n) is 16.4. The standard InChI is InChI=1S/C22H25Cl2N3O2/c1-2-29-21(28)8-5-17-13-20(24)22(25-14-17)26-19-9-11-27(12-10-19)15-16-3-6-18(23)7-4-16/h3-8,13-14,19H,2,9-12,15H2,1H3,(H,25,26)/b8-5+. The normalized spacial score (nSPS) is 15.6. The summed E-state index contributed by atoms with van der Waals surface area (Å²) in [5, 5.41) is 4.76. The zero-order valence-corrected chi connectivity index (χ0v) is 17.9. The van der Waals surface area contributed by atoms with Crippen molar-refractivity contribution in [1.82, 2.24) is 9.88 Å². The Morgan fingerprint density at radius 2 is 2.00 bits per heavy atom. The summed E-state index contributed by atoms with van der Waals surface area (Å²) in [6.07, 6.45) is 6.77. The summed E-state index contributed by atoms with van der Waals surface area (Å²) < 4.78 is 4.87. The number of likely N-dealkylation sites (tertiary alicyclic amines) is 1. The molecule has 5 nitrogen and oxygen atoms in total. The SMILES string of the molecule is CCOC(=O)/C=C/c1cnc(NC2CCN(Cc3ccc(Cl)cc3)CC2)c(Cl)c1. The first-order chi connectivity index (χ1) is 14.0. The lowest BCUT2D eigenvalue weighted by Gasteiger charge is -2.32. The summed E-state index contributed by atoms with van der Waals surface area (Å²) in [5.41, 5.74) is 2.03. The third-order valence-electron chi connectivity index (χ3n) is 4.81. The summed E-state index contributed by atoms with van der Waals surface area (Å²) in [6.45, 7) is 5.08. The molecule has 3 rings (SSSR count). The van der Waals surface area contributed by atoms with Crippen LogP contribution in [-0.2, 0) is 16.1 Å². The number of hydrogen-bond acceptors (Lipinski definition) is 5. The number of carbonyl (C=O) groups excluding carboxylic acids is 1. The maximum absolute atomic E-state index is 11.4. The molecule has 0 aliphatic carbocycles. The number of halogens is 2. The largest absolute Gasteiger partial charge is 0.463 e. The van der Waals surface area contributed by atoms with Gasteiger partial charge in [-0.25, -0.2) is 9.78 Å². The molecule has 29 heavy (non-hydrogen) atoms. The van der Waals surface area contributed by atoms with E-state index in [0.717, 1.165) is 43.1 Å². The van der Waals surface area contributed by atoms with Gasteiger partial charge < -0.3 is 10.1 Å². The molecule has 2 heterocycles. The van der Waals surface area contributed by atoms with Crippen molar-refractivity contribution >= 4 is 41.1 Å². The highest BCUT2D eigenvalue weighted by Crippen LogP contribution is 2.24. The maximum atomic E-state index is 11.4. The molecular formula is C22H25Cl2N3O2. The van der Waals surface area contributed by atoms with Crippen LogP contribution in [0.1, 0.15) is 30.9 Å². The number of nitrogens with zero attached hydrogens (tertiary/aromatic N) is 2. The van der Waals surface area contributed by atoms with Gasteiger partial charge in [-0.2, -0.15) is 0 Å². The smallest absolute Gasteiger partial charge is 0.330 e. The fraction of sp³-hybridized carbons (Fsp3) is 0.364. The van der Waals surface area contributed by atoms with Crippen molar-refractivity contribution in [2.24, 2.45) is 0 Å². The number of anilines is 1. The fourth-order valence-electron chi connectivity index (χ4n) is 3.28. The highest BCUT2D eigenvalue weighted by atomic mass is 35.5. The molecule has 1 N–H and O–H groups in total.